The van der Waals surface area contributed by atoms with Gasteiger partial charge in [-0.05, 0) is 41.7 Å². The van der Waals surface area contributed by atoms with Crippen molar-refractivity contribution in [2.45, 2.75) is 52.6 Å². The van der Waals surface area contributed by atoms with E-state index in [1.807, 2.05) is 38.1 Å². The number of aromatic nitrogens is 4. The lowest BCUT2D eigenvalue weighted by Crippen LogP contribution is -2.32. The third kappa shape index (κ3) is 6.55. The molecule has 0 saturated carbocycles. The number of hydrogen-bond donors (Lipinski definition) is 2. The largest absolute Gasteiger partial charge is 0.444 e. The summed E-state index contributed by atoms with van der Waals surface area (Å²) in [5, 5.41) is 9.68. The lowest BCUT2D eigenvalue weighted by molar-refractivity contribution is -0.124. The number of rotatable bonds is 7. The molecule has 3 aromatic heterocycles. The minimum atomic E-state index is -4.41. The minimum absolute atomic E-state index is 0.0222. The molecule has 0 spiro atoms. The van der Waals surface area contributed by atoms with E-state index in [2.05, 4.69) is 46.5 Å². The molecule has 226 valence electrons. The maximum atomic E-state index is 13.3. The quantitative estimate of drug-likeness (QED) is 0.261. The molecular weight excluding hydrogens is 563 g/mol. The topological polar surface area (TPSA) is 118 Å². The smallest absolute Gasteiger partial charge is 0.405 e. The van der Waals surface area contributed by atoms with Crippen molar-refractivity contribution in [2.75, 3.05) is 28.6 Å². The van der Waals surface area contributed by atoms with E-state index in [-0.39, 0.29) is 28.7 Å². The maximum absolute atomic E-state index is 13.3. The second kappa shape index (κ2) is 10.9. The average Bonchev–Trinajstić information content (AvgIpc) is 3.65. The summed E-state index contributed by atoms with van der Waals surface area (Å²) in [7, 11) is 0. The Bertz CT molecular complexity index is 1650. The zero-order valence-electron chi connectivity index (χ0n) is 24.4. The van der Waals surface area contributed by atoms with Crippen LogP contribution in [0.1, 0.15) is 57.1 Å². The zero-order valence-corrected chi connectivity index (χ0v) is 24.4. The van der Waals surface area contributed by atoms with Crippen molar-refractivity contribution in [2.24, 2.45) is 5.41 Å². The number of amides is 2. The summed E-state index contributed by atoms with van der Waals surface area (Å²) < 4.78 is 44.8. The summed E-state index contributed by atoms with van der Waals surface area (Å²) in [5.41, 5.74) is 1.86. The van der Waals surface area contributed by atoms with E-state index < -0.39 is 24.0 Å². The molecule has 1 fully saturated rings. The molecule has 4 aromatic rings. The van der Waals surface area contributed by atoms with Crippen molar-refractivity contribution in [1.82, 2.24) is 19.7 Å². The molecule has 43 heavy (non-hydrogen) atoms. The monoisotopic (exact) mass is 595 g/mol. The van der Waals surface area contributed by atoms with Gasteiger partial charge in [0, 0.05) is 23.7 Å². The van der Waals surface area contributed by atoms with Crippen LogP contribution in [0.25, 0.3) is 17.1 Å². The van der Waals surface area contributed by atoms with E-state index in [1.54, 1.807) is 15.8 Å². The van der Waals surface area contributed by atoms with Crippen LogP contribution in [0.4, 0.5) is 30.5 Å². The van der Waals surface area contributed by atoms with Gasteiger partial charge in [0.05, 0.1) is 11.9 Å². The van der Waals surface area contributed by atoms with Crippen molar-refractivity contribution in [1.29, 1.82) is 0 Å². The van der Waals surface area contributed by atoms with E-state index in [4.69, 9.17) is 4.42 Å². The number of hydrogen-bond acceptors (Lipinski definition) is 7. The molecule has 1 aliphatic rings. The number of nitrogens with zero attached hydrogens (tertiary/aromatic N) is 5. The molecule has 4 heterocycles. The van der Waals surface area contributed by atoms with Gasteiger partial charge in [0.2, 0.25) is 11.8 Å². The standard InChI is InChI=1S/C30H32F3N7O3/c1-28(2,3)19-6-8-20(9-7-19)40-15-21(24(38-40)39-13-11-29(4,5)27(39)42)36-25(41)22-16-43-26(37-22)18-10-12-34-23(14-18)35-17-30(31,32)33/h6-10,12,14-16H,11,13,17H2,1-5H3,(H,34,35)(H,36,41). The molecule has 10 nitrogen and oxygen atoms in total. The van der Waals surface area contributed by atoms with Crippen LogP contribution in [-0.2, 0) is 10.2 Å². The van der Waals surface area contributed by atoms with Gasteiger partial charge in [-0.15, -0.1) is 5.10 Å². The summed E-state index contributed by atoms with van der Waals surface area (Å²) >= 11 is 0. The molecule has 1 saturated heterocycles. The van der Waals surface area contributed by atoms with Gasteiger partial charge >= 0.3 is 6.18 Å². The first-order chi connectivity index (χ1) is 20.1. The van der Waals surface area contributed by atoms with Crippen molar-refractivity contribution >= 4 is 29.1 Å². The van der Waals surface area contributed by atoms with Crippen molar-refractivity contribution in [3.05, 3.63) is 66.3 Å². The fourth-order valence-electron chi connectivity index (χ4n) is 4.61. The summed E-state index contributed by atoms with van der Waals surface area (Å²) in [5.74, 6) is -0.414. The average molecular weight is 596 g/mol. The number of alkyl halides is 3. The van der Waals surface area contributed by atoms with Crippen LogP contribution in [0.2, 0.25) is 0 Å². The third-order valence-electron chi connectivity index (χ3n) is 7.19. The van der Waals surface area contributed by atoms with Gasteiger partial charge in [0.15, 0.2) is 11.5 Å². The Morgan fingerprint density at radius 1 is 1.12 bits per heavy atom. The number of benzene rings is 1. The molecule has 0 aliphatic carbocycles. The Kier molecular flexibility index (Phi) is 7.53. The highest BCUT2D eigenvalue weighted by atomic mass is 19.4. The molecule has 0 unspecified atom stereocenters. The molecule has 5 rings (SSSR count). The summed E-state index contributed by atoms with van der Waals surface area (Å²) in [6.45, 7) is 9.29. The Morgan fingerprint density at radius 2 is 1.84 bits per heavy atom. The first-order valence-electron chi connectivity index (χ1n) is 13.7. The van der Waals surface area contributed by atoms with Gasteiger partial charge in [-0.1, -0.05) is 46.8 Å². The fourth-order valence-corrected chi connectivity index (χ4v) is 4.61. The zero-order chi connectivity index (χ0) is 31.2. The van der Waals surface area contributed by atoms with E-state index in [1.165, 1.54) is 18.3 Å². The first kappa shape index (κ1) is 29.8. The first-order valence-corrected chi connectivity index (χ1v) is 13.7. The van der Waals surface area contributed by atoms with Gasteiger partial charge in [0.25, 0.3) is 5.91 Å². The van der Waals surface area contributed by atoms with Crippen LogP contribution in [0, 0.1) is 5.41 Å². The van der Waals surface area contributed by atoms with Crippen LogP contribution >= 0.6 is 0 Å². The normalized spacial score (nSPS) is 15.2. The predicted octanol–water partition coefficient (Wildman–Crippen LogP) is 6.21. The third-order valence-corrected chi connectivity index (χ3v) is 7.19. The van der Waals surface area contributed by atoms with Crippen LogP contribution in [-0.4, -0.2) is 50.8 Å². The molecular formula is C30H32F3N7O3. The summed E-state index contributed by atoms with van der Waals surface area (Å²) in [6.07, 6.45) is 0.309. The number of carbonyl (C=O) groups excluding carboxylic acids is 2. The minimum Gasteiger partial charge on any atom is -0.444 e. The van der Waals surface area contributed by atoms with Gasteiger partial charge in [-0.2, -0.15) is 13.2 Å². The molecule has 0 radical (unpaired) electrons. The maximum Gasteiger partial charge on any atom is 0.405 e. The Labute approximate surface area is 246 Å². The molecule has 13 heteroatoms. The Morgan fingerprint density at radius 3 is 2.47 bits per heavy atom. The lowest BCUT2D eigenvalue weighted by Gasteiger charge is -2.19. The van der Waals surface area contributed by atoms with Gasteiger partial charge in [0.1, 0.15) is 24.3 Å². The highest BCUT2D eigenvalue weighted by Crippen LogP contribution is 2.37. The number of nitrogens with one attached hydrogen (secondary N) is 2. The number of carbonyl (C=O) groups is 2. The number of anilines is 3. The molecule has 2 amide bonds. The van der Waals surface area contributed by atoms with Crippen LogP contribution in [0.5, 0.6) is 0 Å². The molecule has 0 atom stereocenters. The second-order valence-electron chi connectivity index (χ2n) is 12.1. The van der Waals surface area contributed by atoms with Gasteiger partial charge in [-0.3, -0.25) is 14.5 Å². The predicted molar refractivity (Wildman–Crippen MR) is 155 cm³/mol. The highest BCUT2D eigenvalue weighted by molar-refractivity contribution is 6.07. The Balaban J connectivity index is 1.41. The van der Waals surface area contributed by atoms with Crippen molar-refractivity contribution in [3.63, 3.8) is 0 Å². The molecule has 1 aromatic carbocycles. The molecule has 2 N–H and O–H groups in total. The molecule has 1 aliphatic heterocycles. The van der Waals surface area contributed by atoms with E-state index in [0.717, 1.165) is 17.5 Å². The van der Waals surface area contributed by atoms with Crippen LogP contribution in [0.15, 0.2) is 59.5 Å². The van der Waals surface area contributed by atoms with Crippen LogP contribution < -0.4 is 15.5 Å². The van der Waals surface area contributed by atoms with E-state index in [9.17, 15) is 22.8 Å². The number of halogens is 3. The SMILES string of the molecule is CC1(C)CCN(c2nn(-c3ccc(C(C)(C)C)cc3)cc2NC(=O)c2coc(-c3ccnc(NCC(F)(F)F)c3)n2)C1=O. The second-order valence-corrected chi connectivity index (χ2v) is 12.1. The van der Waals surface area contributed by atoms with Crippen molar-refractivity contribution in [3.8, 4) is 17.1 Å². The summed E-state index contributed by atoms with van der Waals surface area (Å²) in [4.78, 5) is 36.1. The Hall–Kier alpha value is -4.68. The highest BCUT2D eigenvalue weighted by Gasteiger charge is 2.41. The number of pyridine rings is 1. The molecule has 0 bridgehead atoms. The van der Waals surface area contributed by atoms with Gasteiger partial charge in [-0.25, -0.2) is 14.6 Å². The van der Waals surface area contributed by atoms with Gasteiger partial charge < -0.3 is 15.1 Å². The van der Waals surface area contributed by atoms with Crippen LogP contribution in [0.3, 0.4) is 0 Å². The fraction of sp³-hybridized carbons (Fsp3) is 0.367. The lowest BCUT2D eigenvalue weighted by atomic mass is 9.87. The van der Waals surface area contributed by atoms with E-state index in [0.29, 0.717) is 30.0 Å². The summed E-state index contributed by atoms with van der Waals surface area (Å²) in [6, 6.07) is 10.7. The number of oxazole rings is 1. The van der Waals surface area contributed by atoms with E-state index >= 15 is 0 Å². The van der Waals surface area contributed by atoms with Crippen molar-refractivity contribution < 1.29 is 27.2 Å².